The first kappa shape index (κ1) is 16.4. The molecule has 4 nitrogen and oxygen atoms in total. The van der Waals surface area contributed by atoms with Crippen LogP contribution < -0.4 is 5.73 Å². The van der Waals surface area contributed by atoms with E-state index in [2.05, 4.69) is 11.9 Å². The first-order valence-electron chi connectivity index (χ1n) is 6.52. The van der Waals surface area contributed by atoms with E-state index in [1.165, 1.54) is 0 Å². The van der Waals surface area contributed by atoms with Crippen molar-refractivity contribution in [3.63, 3.8) is 0 Å². The van der Waals surface area contributed by atoms with Crippen molar-refractivity contribution < 1.29 is 4.79 Å². The molecule has 0 unspecified atom stereocenters. The predicted octanol–water partition coefficient (Wildman–Crippen LogP) is 2.73. The summed E-state index contributed by atoms with van der Waals surface area (Å²) in [5.74, 6) is 0.380. The minimum Gasteiger partial charge on any atom is -0.384 e. The van der Waals surface area contributed by atoms with Gasteiger partial charge in [0.2, 0.25) is 0 Å². The zero-order valence-corrected chi connectivity index (χ0v) is 12.2. The fraction of sp³-hybridized carbons (Fsp3) is 0.571. The molecule has 0 radical (unpaired) electrons. The van der Waals surface area contributed by atoms with Crippen LogP contribution in [0.25, 0.3) is 0 Å². The standard InChI is InChI=1S/C12H19N3O.C2H6/c1-4-5-6-10-7-9(8-11(13)14-10)12(16)15(2)3;1-2/h7-8H,4-6H2,1-3H3,(H2,13,14);1-2H3. The lowest BCUT2D eigenvalue weighted by Gasteiger charge is -2.11. The van der Waals surface area contributed by atoms with Crippen molar-refractivity contribution >= 4 is 11.7 Å². The lowest BCUT2D eigenvalue weighted by atomic mass is 10.1. The molecule has 0 saturated carbocycles. The second-order valence-corrected chi connectivity index (χ2v) is 4.08. The summed E-state index contributed by atoms with van der Waals surface area (Å²) >= 11 is 0. The highest BCUT2D eigenvalue weighted by molar-refractivity contribution is 5.94. The van der Waals surface area contributed by atoms with Gasteiger partial charge in [0, 0.05) is 25.4 Å². The summed E-state index contributed by atoms with van der Waals surface area (Å²) in [5, 5.41) is 0. The largest absolute Gasteiger partial charge is 0.384 e. The van der Waals surface area contributed by atoms with Crippen LogP contribution in [0.5, 0.6) is 0 Å². The van der Waals surface area contributed by atoms with Gasteiger partial charge in [-0.15, -0.1) is 0 Å². The summed E-state index contributed by atoms with van der Waals surface area (Å²) in [4.78, 5) is 17.5. The van der Waals surface area contributed by atoms with Gasteiger partial charge in [-0.05, 0) is 25.0 Å². The number of nitrogen functional groups attached to an aromatic ring is 1. The highest BCUT2D eigenvalue weighted by Crippen LogP contribution is 2.11. The van der Waals surface area contributed by atoms with Crippen LogP contribution in [0.15, 0.2) is 12.1 Å². The SMILES string of the molecule is CC.CCCCc1cc(C(=O)N(C)C)cc(N)n1. The Morgan fingerprint density at radius 2 is 1.94 bits per heavy atom. The van der Waals surface area contributed by atoms with Crippen LogP contribution in [-0.2, 0) is 6.42 Å². The highest BCUT2D eigenvalue weighted by Gasteiger charge is 2.10. The molecule has 0 spiro atoms. The lowest BCUT2D eigenvalue weighted by molar-refractivity contribution is 0.0827. The summed E-state index contributed by atoms with van der Waals surface area (Å²) in [6.07, 6.45) is 3.04. The Balaban J connectivity index is 0.00000137. The normalized spacial score (nSPS) is 9.39. The third-order valence-corrected chi connectivity index (χ3v) is 2.34. The van der Waals surface area contributed by atoms with E-state index < -0.39 is 0 Å². The Morgan fingerprint density at radius 1 is 1.33 bits per heavy atom. The van der Waals surface area contributed by atoms with Crippen LogP contribution in [0.4, 0.5) is 5.82 Å². The number of nitrogens with two attached hydrogens (primary N) is 1. The number of carbonyl (C=O) groups is 1. The smallest absolute Gasteiger partial charge is 0.253 e. The summed E-state index contributed by atoms with van der Waals surface area (Å²) < 4.78 is 0. The molecule has 0 aliphatic heterocycles. The zero-order valence-electron chi connectivity index (χ0n) is 12.2. The third kappa shape index (κ3) is 5.17. The molecule has 1 aromatic heterocycles. The number of unbranched alkanes of at least 4 members (excludes halogenated alkanes) is 1. The number of aryl methyl sites for hydroxylation is 1. The molecule has 1 amide bonds. The van der Waals surface area contributed by atoms with E-state index >= 15 is 0 Å². The molecule has 102 valence electrons. The monoisotopic (exact) mass is 251 g/mol. The Kier molecular flexibility index (Phi) is 7.76. The molecule has 0 bridgehead atoms. The van der Waals surface area contributed by atoms with Crippen molar-refractivity contribution in [1.29, 1.82) is 0 Å². The number of aromatic nitrogens is 1. The Hall–Kier alpha value is -1.58. The van der Waals surface area contributed by atoms with Gasteiger partial charge in [0.25, 0.3) is 5.91 Å². The maximum Gasteiger partial charge on any atom is 0.253 e. The van der Waals surface area contributed by atoms with Crippen molar-refractivity contribution in [3.8, 4) is 0 Å². The molecule has 0 aliphatic rings. The summed E-state index contributed by atoms with van der Waals surface area (Å²) in [5.41, 5.74) is 7.20. The molecular weight excluding hydrogens is 226 g/mol. The topological polar surface area (TPSA) is 59.2 Å². The fourth-order valence-electron chi connectivity index (χ4n) is 1.48. The third-order valence-electron chi connectivity index (χ3n) is 2.34. The zero-order chi connectivity index (χ0) is 14.1. The van der Waals surface area contributed by atoms with Gasteiger partial charge in [0.1, 0.15) is 5.82 Å². The molecule has 0 atom stereocenters. The minimum absolute atomic E-state index is 0.0353. The van der Waals surface area contributed by atoms with Crippen LogP contribution >= 0.6 is 0 Å². The van der Waals surface area contributed by atoms with Crippen LogP contribution in [-0.4, -0.2) is 29.9 Å². The summed E-state index contributed by atoms with van der Waals surface area (Å²) in [6.45, 7) is 6.12. The first-order chi connectivity index (χ1) is 8.54. The van der Waals surface area contributed by atoms with Crippen LogP contribution in [0.3, 0.4) is 0 Å². The fourth-order valence-corrected chi connectivity index (χ4v) is 1.48. The first-order valence-corrected chi connectivity index (χ1v) is 6.52. The number of rotatable bonds is 4. The molecule has 0 aliphatic carbocycles. The van der Waals surface area contributed by atoms with Crippen molar-refractivity contribution in [1.82, 2.24) is 9.88 Å². The molecule has 2 N–H and O–H groups in total. The van der Waals surface area contributed by atoms with Crippen molar-refractivity contribution in [2.45, 2.75) is 40.0 Å². The van der Waals surface area contributed by atoms with E-state index in [1.807, 2.05) is 19.9 Å². The molecule has 0 fully saturated rings. The number of carbonyl (C=O) groups excluding carboxylic acids is 1. The number of hydrogen-bond acceptors (Lipinski definition) is 3. The molecule has 1 heterocycles. The van der Waals surface area contributed by atoms with Crippen molar-refractivity contribution in [2.75, 3.05) is 19.8 Å². The van der Waals surface area contributed by atoms with Gasteiger partial charge in [0.15, 0.2) is 0 Å². The average molecular weight is 251 g/mol. The highest BCUT2D eigenvalue weighted by atomic mass is 16.2. The molecule has 4 heteroatoms. The Bertz CT molecular complexity index is 375. The second-order valence-electron chi connectivity index (χ2n) is 4.08. The van der Waals surface area contributed by atoms with Crippen LogP contribution in [0.2, 0.25) is 0 Å². The van der Waals surface area contributed by atoms with Gasteiger partial charge in [-0.1, -0.05) is 27.2 Å². The van der Waals surface area contributed by atoms with E-state index in [4.69, 9.17) is 5.73 Å². The number of nitrogens with zero attached hydrogens (tertiary/aromatic N) is 2. The van der Waals surface area contributed by atoms with Crippen molar-refractivity contribution in [3.05, 3.63) is 23.4 Å². The molecular formula is C14H25N3O. The molecule has 0 aromatic carbocycles. The molecule has 1 rings (SSSR count). The molecule has 18 heavy (non-hydrogen) atoms. The molecule has 1 aromatic rings. The van der Waals surface area contributed by atoms with Gasteiger partial charge in [-0.3, -0.25) is 4.79 Å². The van der Waals surface area contributed by atoms with Gasteiger partial charge >= 0.3 is 0 Å². The predicted molar refractivity (Wildman–Crippen MR) is 76.6 cm³/mol. The maximum atomic E-state index is 11.8. The van der Waals surface area contributed by atoms with Crippen LogP contribution in [0, 0.1) is 0 Å². The summed E-state index contributed by atoms with van der Waals surface area (Å²) in [7, 11) is 3.45. The van der Waals surface area contributed by atoms with Crippen LogP contribution in [0.1, 0.15) is 49.7 Å². The Morgan fingerprint density at radius 3 is 2.44 bits per heavy atom. The number of anilines is 1. The van der Waals surface area contributed by atoms with Crippen molar-refractivity contribution in [2.24, 2.45) is 0 Å². The second kappa shape index (κ2) is 8.50. The quantitative estimate of drug-likeness (QED) is 0.895. The van der Waals surface area contributed by atoms with Gasteiger partial charge < -0.3 is 10.6 Å². The maximum absolute atomic E-state index is 11.8. The Labute approximate surface area is 110 Å². The van der Waals surface area contributed by atoms with Gasteiger partial charge in [-0.25, -0.2) is 4.98 Å². The minimum atomic E-state index is -0.0353. The van der Waals surface area contributed by atoms with Gasteiger partial charge in [-0.2, -0.15) is 0 Å². The lowest BCUT2D eigenvalue weighted by Crippen LogP contribution is -2.22. The van der Waals surface area contributed by atoms with Gasteiger partial charge in [0.05, 0.1) is 0 Å². The van der Waals surface area contributed by atoms with E-state index in [0.29, 0.717) is 11.4 Å². The summed E-state index contributed by atoms with van der Waals surface area (Å²) in [6, 6.07) is 3.45. The van der Waals surface area contributed by atoms with E-state index in [9.17, 15) is 4.79 Å². The van der Waals surface area contributed by atoms with E-state index in [0.717, 1.165) is 25.0 Å². The van der Waals surface area contributed by atoms with E-state index in [-0.39, 0.29) is 5.91 Å². The number of pyridine rings is 1. The number of amides is 1. The number of hydrogen-bond donors (Lipinski definition) is 1. The van der Waals surface area contributed by atoms with E-state index in [1.54, 1.807) is 25.1 Å². The molecule has 0 saturated heterocycles. The average Bonchev–Trinajstić information content (AvgIpc) is 2.37.